The second-order valence-corrected chi connectivity index (χ2v) is 12.4. The van der Waals surface area contributed by atoms with Crippen molar-refractivity contribution in [2.75, 3.05) is 25.4 Å². The minimum absolute atomic E-state index is 0.00955. The maximum absolute atomic E-state index is 12.0. The number of nitrogens with zero attached hydrogens (tertiary/aromatic N) is 4. The van der Waals surface area contributed by atoms with Crippen LogP contribution >= 0.6 is 11.3 Å². The smallest absolute Gasteiger partial charge is 0.213 e. The van der Waals surface area contributed by atoms with Crippen molar-refractivity contribution in [3.05, 3.63) is 33.3 Å². The number of aliphatic hydroxyl groups excluding tert-OH is 1. The van der Waals surface area contributed by atoms with E-state index < -0.39 is 16.1 Å². The lowest BCUT2D eigenvalue weighted by atomic mass is 9.79. The number of aromatic nitrogens is 3. The quantitative estimate of drug-likeness (QED) is 0.542. The Kier molecular flexibility index (Phi) is 7.56. The van der Waals surface area contributed by atoms with Crippen molar-refractivity contribution in [2.24, 2.45) is 0 Å². The van der Waals surface area contributed by atoms with Crippen LogP contribution in [0.2, 0.25) is 0 Å². The minimum Gasteiger partial charge on any atom is -0.392 e. The first-order valence-corrected chi connectivity index (χ1v) is 14.2. The number of fused-ring (bicyclic) bond motifs is 2. The Balaban J connectivity index is 1.34. The number of thiophene rings is 1. The fourth-order valence-electron chi connectivity index (χ4n) is 4.77. The van der Waals surface area contributed by atoms with Crippen LogP contribution in [-0.4, -0.2) is 71.0 Å². The van der Waals surface area contributed by atoms with Crippen LogP contribution in [-0.2, 0) is 46.3 Å². The van der Waals surface area contributed by atoms with Gasteiger partial charge in [0.25, 0.3) is 0 Å². The number of ether oxygens (including phenoxy) is 1. The predicted octanol–water partition coefficient (Wildman–Crippen LogP) is 1.65. The molecule has 9 nitrogen and oxygen atoms in total. The topological polar surface area (TPSA) is 110 Å². The predicted molar refractivity (Wildman–Crippen MR) is 128 cm³/mol. The molecule has 184 valence electrons. The summed E-state index contributed by atoms with van der Waals surface area (Å²) >= 11 is 1.95. The number of hydrogen-bond acceptors (Lipinski definition) is 8. The van der Waals surface area contributed by atoms with E-state index in [0.29, 0.717) is 12.6 Å². The Morgan fingerprint density at radius 2 is 2.27 bits per heavy atom. The van der Waals surface area contributed by atoms with Crippen LogP contribution in [0.4, 0.5) is 0 Å². The zero-order chi connectivity index (χ0) is 23.6. The number of aryl methyl sites for hydroxylation is 2. The fraction of sp³-hybridized carbons (Fsp3) is 0.727. The SMILES string of the molecule is CCc1cc2c(s1)CCO[C@@]21CCN(Cc2cn(CCS(=O)(=O)NCC(C)O)nn2)[C@@H](C)C1. The van der Waals surface area contributed by atoms with Crippen molar-refractivity contribution in [3.63, 3.8) is 0 Å². The third kappa shape index (κ3) is 5.83. The zero-order valence-corrected chi connectivity index (χ0v) is 21.3. The molecule has 2 aromatic heterocycles. The van der Waals surface area contributed by atoms with E-state index in [1.807, 2.05) is 17.5 Å². The Morgan fingerprint density at radius 1 is 1.45 bits per heavy atom. The van der Waals surface area contributed by atoms with E-state index in [9.17, 15) is 13.5 Å². The van der Waals surface area contributed by atoms with Gasteiger partial charge in [-0.2, -0.15) is 0 Å². The third-order valence-electron chi connectivity index (χ3n) is 6.60. The summed E-state index contributed by atoms with van der Waals surface area (Å²) in [6.45, 7) is 8.63. The number of sulfonamides is 1. The van der Waals surface area contributed by atoms with Crippen molar-refractivity contribution in [1.29, 1.82) is 0 Å². The molecule has 2 aliphatic heterocycles. The lowest BCUT2D eigenvalue weighted by Gasteiger charge is -2.47. The Labute approximate surface area is 200 Å². The molecule has 33 heavy (non-hydrogen) atoms. The molecule has 11 heteroatoms. The summed E-state index contributed by atoms with van der Waals surface area (Å²) in [5, 5.41) is 17.6. The summed E-state index contributed by atoms with van der Waals surface area (Å²) in [4.78, 5) is 5.35. The van der Waals surface area contributed by atoms with Crippen LogP contribution in [0.5, 0.6) is 0 Å². The van der Waals surface area contributed by atoms with Crippen LogP contribution in [0.3, 0.4) is 0 Å². The van der Waals surface area contributed by atoms with Gasteiger partial charge in [0, 0.05) is 48.0 Å². The van der Waals surface area contributed by atoms with Crippen LogP contribution < -0.4 is 4.72 Å². The molecule has 0 aromatic carbocycles. The summed E-state index contributed by atoms with van der Waals surface area (Å²) < 4.78 is 34.4. The number of hydrogen-bond donors (Lipinski definition) is 2. The minimum atomic E-state index is -3.46. The van der Waals surface area contributed by atoms with Crippen molar-refractivity contribution >= 4 is 21.4 Å². The molecule has 0 amide bonds. The second-order valence-electron chi connectivity index (χ2n) is 9.26. The third-order valence-corrected chi connectivity index (χ3v) is 9.26. The van der Waals surface area contributed by atoms with E-state index in [1.165, 1.54) is 22.2 Å². The van der Waals surface area contributed by atoms with Gasteiger partial charge in [0.15, 0.2) is 0 Å². The standard InChI is InChI=1S/C22H35N5O4S2/c1-4-19-11-20-21(32-19)5-9-31-22(20)6-7-26(16(2)12-22)14-18-15-27(25-24-18)8-10-33(29,30)23-13-17(3)28/h11,15-17,23,28H,4-10,12-14H2,1-3H3/t16-,17?,22+/m0/s1. The Hall–Kier alpha value is -1.37. The molecule has 1 spiro atoms. The molecule has 3 atom stereocenters. The first-order valence-electron chi connectivity index (χ1n) is 11.7. The molecule has 2 N–H and O–H groups in total. The van der Waals surface area contributed by atoms with Gasteiger partial charge in [-0.15, -0.1) is 16.4 Å². The highest BCUT2D eigenvalue weighted by Gasteiger charge is 2.44. The highest BCUT2D eigenvalue weighted by atomic mass is 32.2. The summed E-state index contributed by atoms with van der Waals surface area (Å²) in [6, 6.07) is 2.71. The van der Waals surface area contributed by atoms with Gasteiger partial charge >= 0.3 is 0 Å². The van der Waals surface area contributed by atoms with Gasteiger partial charge in [0.2, 0.25) is 10.0 Å². The molecule has 1 unspecified atom stereocenters. The maximum Gasteiger partial charge on any atom is 0.213 e. The van der Waals surface area contributed by atoms with Gasteiger partial charge in [0.05, 0.1) is 36.3 Å². The molecule has 1 fully saturated rings. The zero-order valence-electron chi connectivity index (χ0n) is 19.7. The monoisotopic (exact) mass is 497 g/mol. The lowest BCUT2D eigenvalue weighted by Crippen LogP contribution is -2.50. The number of aliphatic hydroxyl groups is 1. The molecule has 4 rings (SSSR count). The molecule has 2 aliphatic rings. The molecule has 2 aromatic rings. The summed E-state index contributed by atoms with van der Waals surface area (Å²) in [7, 11) is -3.46. The molecule has 0 radical (unpaired) electrons. The highest BCUT2D eigenvalue weighted by molar-refractivity contribution is 7.89. The molecule has 1 saturated heterocycles. The van der Waals surface area contributed by atoms with Crippen LogP contribution in [0.15, 0.2) is 12.3 Å². The average Bonchev–Trinajstić information content (AvgIpc) is 3.41. The van der Waals surface area contributed by atoms with E-state index in [4.69, 9.17) is 4.74 Å². The number of piperidine rings is 1. The summed E-state index contributed by atoms with van der Waals surface area (Å²) in [5.41, 5.74) is 2.08. The van der Waals surface area contributed by atoms with Crippen molar-refractivity contribution in [1.82, 2.24) is 24.6 Å². The normalized spacial score (nSPS) is 24.8. The van der Waals surface area contributed by atoms with E-state index in [-0.39, 0.29) is 24.4 Å². The first kappa shape index (κ1) is 24.7. The second kappa shape index (κ2) is 10.1. The Morgan fingerprint density at radius 3 is 3.00 bits per heavy atom. The van der Waals surface area contributed by atoms with Crippen molar-refractivity contribution in [2.45, 2.75) is 77.3 Å². The highest BCUT2D eigenvalue weighted by Crippen LogP contribution is 2.46. The number of likely N-dealkylation sites (tertiary alicyclic amines) is 1. The van der Waals surface area contributed by atoms with Gasteiger partial charge in [-0.1, -0.05) is 12.1 Å². The number of rotatable bonds is 9. The van der Waals surface area contributed by atoms with E-state index in [2.05, 4.69) is 39.8 Å². The molecule has 0 aliphatic carbocycles. The molecule has 0 bridgehead atoms. The average molecular weight is 498 g/mol. The first-order chi connectivity index (χ1) is 15.7. The summed E-state index contributed by atoms with van der Waals surface area (Å²) in [6.07, 6.45) is 5.12. The molecular weight excluding hydrogens is 462 g/mol. The lowest BCUT2D eigenvalue weighted by molar-refractivity contribution is -0.112. The van der Waals surface area contributed by atoms with Crippen LogP contribution in [0.25, 0.3) is 0 Å². The van der Waals surface area contributed by atoms with Crippen LogP contribution in [0.1, 0.15) is 54.6 Å². The Bertz CT molecular complexity index is 1050. The number of nitrogens with one attached hydrogen (secondary N) is 1. The largest absolute Gasteiger partial charge is 0.392 e. The summed E-state index contributed by atoms with van der Waals surface area (Å²) in [5.74, 6) is -0.106. The van der Waals surface area contributed by atoms with E-state index in [1.54, 1.807) is 4.68 Å². The maximum atomic E-state index is 12.0. The van der Waals surface area contributed by atoms with E-state index in [0.717, 1.165) is 44.5 Å². The van der Waals surface area contributed by atoms with Crippen molar-refractivity contribution < 1.29 is 18.3 Å². The van der Waals surface area contributed by atoms with Gasteiger partial charge in [-0.3, -0.25) is 9.58 Å². The molecule has 0 saturated carbocycles. The van der Waals surface area contributed by atoms with Gasteiger partial charge < -0.3 is 9.84 Å². The van der Waals surface area contributed by atoms with Crippen molar-refractivity contribution in [3.8, 4) is 0 Å². The van der Waals surface area contributed by atoms with Gasteiger partial charge in [-0.25, -0.2) is 13.1 Å². The van der Waals surface area contributed by atoms with Gasteiger partial charge in [0.1, 0.15) is 0 Å². The van der Waals surface area contributed by atoms with E-state index >= 15 is 0 Å². The molecule has 4 heterocycles. The fourth-order valence-corrected chi connectivity index (χ4v) is 7.02. The molecular formula is C22H35N5O4S2. The van der Waals surface area contributed by atoms with Gasteiger partial charge in [-0.05, 0) is 44.7 Å². The van der Waals surface area contributed by atoms with Crippen LogP contribution in [0, 0.1) is 0 Å².